The van der Waals surface area contributed by atoms with E-state index in [4.69, 9.17) is 4.52 Å². The molecule has 3 rings (SSSR count). The molecule has 1 aromatic heterocycles. The first-order valence-corrected chi connectivity index (χ1v) is 7.16. The lowest BCUT2D eigenvalue weighted by Gasteiger charge is -2.21. The average Bonchev–Trinajstić information content (AvgIpc) is 3.11. The number of carbonyl (C=O) groups excluding carboxylic acids is 1. The summed E-state index contributed by atoms with van der Waals surface area (Å²) in [6.45, 7) is 0.583. The second-order valence-corrected chi connectivity index (χ2v) is 4.91. The van der Waals surface area contributed by atoms with Crippen molar-refractivity contribution >= 4 is 11.6 Å². The van der Waals surface area contributed by atoms with E-state index in [0.717, 1.165) is 12.1 Å². The summed E-state index contributed by atoms with van der Waals surface area (Å²) in [7, 11) is 0. The predicted molar refractivity (Wildman–Crippen MR) is 84.8 cm³/mol. The molecule has 1 amide bonds. The number of hydrogen-bond donors (Lipinski definition) is 0. The zero-order valence-corrected chi connectivity index (χ0v) is 12.1. The summed E-state index contributed by atoms with van der Waals surface area (Å²) < 4.78 is 4.79. The molecule has 0 unspecified atom stereocenters. The predicted octanol–water partition coefficient (Wildman–Crippen LogP) is 3.56. The molecule has 2 aromatic carbocycles. The maximum atomic E-state index is 12.6. The molecule has 0 aliphatic heterocycles. The smallest absolute Gasteiger partial charge is 0.280 e. The third kappa shape index (κ3) is 3.23. The molecule has 0 atom stereocenters. The first kappa shape index (κ1) is 14.1. The zero-order valence-electron chi connectivity index (χ0n) is 12.1. The monoisotopic (exact) mass is 292 g/mol. The van der Waals surface area contributed by atoms with Gasteiger partial charge in [-0.3, -0.25) is 4.79 Å². The SMILES string of the molecule is O=C(c1ccon1)N(CCc1ccccc1)c1ccccc1. The van der Waals surface area contributed by atoms with Crippen molar-refractivity contribution in [2.45, 2.75) is 6.42 Å². The summed E-state index contributed by atoms with van der Waals surface area (Å²) in [6.07, 6.45) is 2.19. The highest BCUT2D eigenvalue weighted by Gasteiger charge is 2.19. The fraction of sp³-hybridized carbons (Fsp3) is 0.111. The van der Waals surface area contributed by atoms with Gasteiger partial charge in [0.05, 0.1) is 0 Å². The maximum Gasteiger partial charge on any atom is 0.280 e. The van der Waals surface area contributed by atoms with Gasteiger partial charge in [0.15, 0.2) is 5.69 Å². The van der Waals surface area contributed by atoms with Crippen LogP contribution in [0.15, 0.2) is 77.5 Å². The van der Waals surface area contributed by atoms with Gasteiger partial charge < -0.3 is 9.42 Å². The van der Waals surface area contributed by atoms with Crippen molar-refractivity contribution in [1.82, 2.24) is 5.16 Å². The Bertz CT molecular complexity index is 709. The Morgan fingerprint density at radius 2 is 1.64 bits per heavy atom. The van der Waals surface area contributed by atoms with Gasteiger partial charge in [0.2, 0.25) is 0 Å². The van der Waals surface area contributed by atoms with Crippen LogP contribution in [-0.4, -0.2) is 17.6 Å². The highest BCUT2D eigenvalue weighted by atomic mass is 16.5. The van der Waals surface area contributed by atoms with E-state index in [1.165, 1.54) is 11.8 Å². The minimum Gasteiger partial charge on any atom is -0.364 e. The van der Waals surface area contributed by atoms with Crippen molar-refractivity contribution in [2.75, 3.05) is 11.4 Å². The highest BCUT2D eigenvalue weighted by molar-refractivity contribution is 6.04. The summed E-state index contributed by atoms with van der Waals surface area (Å²) in [5.74, 6) is -0.157. The van der Waals surface area contributed by atoms with E-state index in [1.807, 2.05) is 48.5 Å². The average molecular weight is 292 g/mol. The van der Waals surface area contributed by atoms with Crippen LogP contribution in [0.5, 0.6) is 0 Å². The van der Waals surface area contributed by atoms with Crippen LogP contribution in [-0.2, 0) is 6.42 Å². The number of carbonyl (C=O) groups is 1. The summed E-state index contributed by atoms with van der Waals surface area (Å²) in [5, 5.41) is 3.75. The van der Waals surface area contributed by atoms with E-state index in [-0.39, 0.29) is 5.91 Å². The summed E-state index contributed by atoms with van der Waals surface area (Å²) in [6, 6.07) is 21.3. The number of rotatable bonds is 5. The molecule has 3 aromatic rings. The Hall–Kier alpha value is -2.88. The first-order valence-electron chi connectivity index (χ1n) is 7.16. The van der Waals surface area contributed by atoms with Gasteiger partial charge in [-0.2, -0.15) is 0 Å². The third-order valence-corrected chi connectivity index (χ3v) is 3.44. The maximum absolute atomic E-state index is 12.6. The number of hydrogen-bond acceptors (Lipinski definition) is 3. The van der Waals surface area contributed by atoms with E-state index in [0.29, 0.717) is 12.2 Å². The van der Waals surface area contributed by atoms with Crippen LogP contribution in [0.25, 0.3) is 0 Å². The van der Waals surface area contributed by atoms with E-state index in [1.54, 1.807) is 11.0 Å². The molecule has 4 heteroatoms. The van der Waals surface area contributed by atoms with Gasteiger partial charge in [0.1, 0.15) is 6.26 Å². The number of benzene rings is 2. The molecule has 0 aliphatic carbocycles. The largest absolute Gasteiger partial charge is 0.364 e. The first-order chi connectivity index (χ1) is 10.8. The van der Waals surface area contributed by atoms with Crippen LogP contribution in [0, 0.1) is 0 Å². The summed E-state index contributed by atoms with van der Waals surface area (Å²) in [4.78, 5) is 14.4. The Kier molecular flexibility index (Phi) is 4.30. The van der Waals surface area contributed by atoms with Gasteiger partial charge in [-0.15, -0.1) is 0 Å². The molecule has 0 bridgehead atoms. The van der Waals surface area contributed by atoms with Gasteiger partial charge in [-0.05, 0) is 24.1 Å². The van der Waals surface area contributed by atoms with Crippen molar-refractivity contribution in [3.63, 3.8) is 0 Å². The molecule has 0 radical (unpaired) electrons. The summed E-state index contributed by atoms with van der Waals surface area (Å²) in [5.41, 5.74) is 2.36. The lowest BCUT2D eigenvalue weighted by Crippen LogP contribution is -2.33. The van der Waals surface area contributed by atoms with Crippen LogP contribution < -0.4 is 4.90 Å². The number of aromatic nitrogens is 1. The minimum absolute atomic E-state index is 0.157. The Labute approximate surface area is 129 Å². The molecule has 22 heavy (non-hydrogen) atoms. The van der Waals surface area contributed by atoms with Crippen LogP contribution in [0.4, 0.5) is 5.69 Å². The molecular formula is C18H16N2O2. The molecule has 0 spiro atoms. The Balaban J connectivity index is 1.82. The number of para-hydroxylation sites is 1. The number of anilines is 1. The standard InChI is InChI=1S/C18H16N2O2/c21-18(17-12-14-22-19-17)20(16-9-5-2-6-10-16)13-11-15-7-3-1-4-8-15/h1-10,12,14H,11,13H2. The second-order valence-electron chi connectivity index (χ2n) is 4.91. The van der Waals surface area contributed by atoms with Gasteiger partial charge in [-0.1, -0.05) is 53.7 Å². The van der Waals surface area contributed by atoms with Gasteiger partial charge in [0.25, 0.3) is 5.91 Å². The molecule has 1 heterocycles. The lowest BCUT2D eigenvalue weighted by molar-refractivity contribution is 0.0978. The van der Waals surface area contributed by atoms with Crippen LogP contribution in [0.1, 0.15) is 16.1 Å². The summed E-state index contributed by atoms with van der Waals surface area (Å²) >= 11 is 0. The fourth-order valence-corrected chi connectivity index (χ4v) is 2.30. The zero-order chi connectivity index (χ0) is 15.2. The second kappa shape index (κ2) is 6.72. The van der Waals surface area contributed by atoms with E-state index >= 15 is 0 Å². The van der Waals surface area contributed by atoms with Gasteiger partial charge in [-0.25, -0.2) is 0 Å². The fourth-order valence-electron chi connectivity index (χ4n) is 2.30. The molecule has 0 saturated carbocycles. The minimum atomic E-state index is -0.157. The molecule has 4 nitrogen and oxygen atoms in total. The van der Waals surface area contributed by atoms with Crippen LogP contribution in [0.2, 0.25) is 0 Å². The van der Waals surface area contributed by atoms with Crippen LogP contribution >= 0.6 is 0 Å². The van der Waals surface area contributed by atoms with Crippen molar-refractivity contribution < 1.29 is 9.32 Å². The van der Waals surface area contributed by atoms with E-state index in [2.05, 4.69) is 17.3 Å². The molecular weight excluding hydrogens is 276 g/mol. The Morgan fingerprint density at radius 1 is 0.955 bits per heavy atom. The van der Waals surface area contributed by atoms with Crippen molar-refractivity contribution in [3.8, 4) is 0 Å². The van der Waals surface area contributed by atoms with Crippen molar-refractivity contribution in [3.05, 3.63) is 84.3 Å². The van der Waals surface area contributed by atoms with Gasteiger partial charge >= 0.3 is 0 Å². The topological polar surface area (TPSA) is 46.3 Å². The molecule has 0 fully saturated rings. The highest BCUT2D eigenvalue weighted by Crippen LogP contribution is 2.17. The quantitative estimate of drug-likeness (QED) is 0.722. The third-order valence-electron chi connectivity index (χ3n) is 3.44. The van der Waals surface area contributed by atoms with Gasteiger partial charge in [0, 0.05) is 18.3 Å². The Morgan fingerprint density at radius 3 is 2.27 bits per heavy atom. The lowest BCUT2D eigenvalue weighted by atomic mass is 10.1. The van der Waals surface area contributed by atoms with Crippen molar-refractivity contribution in [1.29, 1.82) is 0 Å². The molecule has 0 saturated heterocycles. The van der Waals surface area contributed by atoms with E-state index in [9.17, 15) is 4.79 Å². The van der Waals surface area contributed by atoms with Crippen LogP contribution in [0.3, 0.4) is 0 Å². The number of nitrogens with zero attached hydrogens (tertiary/aromatic N) is 2. The molecule has 0 N–H and O–H groups in total. The van der Waals surface area contributed by atoms with E-state index < -0.39 is 0 Å². The molecule has 110 valence electrons. The number of amides is 1. The molecule has 0 aliphatic rings. The van der Waals surface area contributed by atoms with Crippen molar-refractivity contribution in [2.24, 2.45) is 0 Å². The normalized spacial score (nSPS) is 10.4.